The number of thiophene rings is 1. The van der Waals surface area contributed by atoms with Crippen molar-refractivity contribution in [2.45, 2.75) is 19.8 Å². The normalized spacial score (nSPS) is 16.7. The van der Waals surface area contributed by atoms with Crippen LogP contribution in [0.3, 0.4) is 0 Å². The third-order valence-electron chi connectivity index (χ3n) is 5.29. The van der Waals surface area contributed by atoms with E-state index in [1.807, 2.05) is 12.3 Å². The third-order valence-corrected chi connectivity index (χ3v) is 6.31. The Morgan fingerprint density at radius 1 is 1.21 bits per heavy atom. The lowest BCUT2D eigenvalue weighted by Gasteiger charge is -2.33. The van der Waals surface area contributed by atoms with Crippen molar-refractivity contribution in [2.75, 3.05) is 37.5 Å². The predicted molar refractivity (Wildman–Crippen MR) is 117 cm³/mol. The molecule has 0 aliphatic carbocycles. The van der Waals surface area contributed by atoms with Gasteiger partial charge >= 0.3 is 0 Å². The molecule has 6 nitrogen and oxygen atoms in total. The molecule has 1 aliphatic rings. The molecule has 1 unspecified atom stereocenters. The Morgan fingerprint density at radius 3 is 2.83 bits per heavy atom. The highest BCUT2D eigenvalue weighted by molar-refractivity contribution is 7.19. The second-order valence-electron chi connectivity index (χ2n) is 7.25. The van der Waals surface area contributed by atoms with E-state index in [1.165, 1.54) is 15.0 Å². The van der Waals surface area contributed by atoms with Gasteiger partial charge in [0.25, 0.3) is 0 Å². The standard InChI is InChI=1S/C22H25N3O3S/c1-14-11-17-20(29-14)8-9-23-21(17)25-10-4-5-15(13-25)22(26)24-16-6-7-18(27-2)19(12-16)28-3/h6-9,11-12,15H,4-5,10,13H2,1-3H3,(H,24,26). The maximum atomic E-state index is 12.9. The fourth-order valence-electron chi connectivity index (χ4n) is 3.87. The lowest BCUT2D eigenvalue weighted by molar-refractivity contribution is -0.120. The maximum absolute atomic E-state index is 12.9. The Bertz CT molecular complexity index is 1030. The highest BCUT2D eigenvalue weighted by atomic mass is 32.1. The van der Waals surface area contributed by atoms with Crippen molar-refractivity contribution in [1.82, 2.24) is 4.98 Å². The number of methoxy groups -OCH3 is 2. The van der Waals surface area contributed by atoms with E-state index >= 15 is 0 Å². The van der Waals surface area contributed by atoms with Crippen LogP contribution in [-0.4, -0.2) is 38.2 Å². The molecule has 7 heteroatoms. The number of ether oxygens (including phenoxy) is 2. The van der Waals surface area contributed by atoms with E-state index in [2.05, 4.69) is 34.3 Å². The average Bonchev–Trinajstić information content (AvgIpc) is 3.13. The van der Waals surface area contributed by atoms with Gasteiger partial charge in [-0.1, -0.05) is 0 Å². The molecule has 1 aliphatic heterocycles. The first kappa shape index (κ1) is 19.5. The minimum Gasteiger partial charge on any atom is -0.493 e. The van der Waals surface area contributed by atoms with Crippen molar-refractivity contribution in [1.29, 1.82) is 0 Å². The largest absolute Gasteiger partial charge is 0.493 e. The number of fused-ring (bicyclic) bond motifs is 1. The Morgan fingerprint density at radius 2 is 2.03 bits per heavy atom. The van der Waals surface area contributed by atoms with Crippen LogP contribution in [0.15, 0.2) is 36.5 Å². The van der Waals surface area contributed by atoms with Gasteiger partial charge in [-0.15, -0.1) is 11.3 Å². The number of amides is 1. The molecule has 1 amide bonds. The van der Waals surface area contributed by atoms with E-state index in [0.29, 0.717) is 23.7 Å². The van der Waals surface area contributed by atoms with Crippen LogP contribution in [0.25, 0.3) is 10.1 Å². The molecular formula is C22H25N3O3S. The summed E-state index contributed by atoms with van der Waals surface area (Å²) < 4.78 is 11.8. The molecule has 1 N–H and O–H groups in total. The average molecular weight is 412 g/mol. The van der Waals surface area contributed by atoms with Crippen molar-refractivity contribution in [3.05, 3.63) is 41.4 Å². The minimum atomic E-state index is -0.0892. The summed E-state index contributed by atoms with van der Waals surface area (Å²) in [6.45, 7) is 3.70. The Hall–Kier alpha value is -2.80. The van der Waals surface area contributed by atoms with Gasteiger partial charge in [0.2, 0.25) is 5.91 Å². The highest BCUT2D eigenvalue weighted by Crippen LogP contribution is 2.34. The van der Waals surface area contributed by atoms with Crippen LogP contribution < -0.4 is 19.7 Å². The van der Waals surface area contributed by atoms with Crippen LogP contribution in [0, 0.1) is 12.8 Å². The number of carbonyl (C=O) groups is 1. The molecule has 152 valence electrons. The van der Waals surface area contributed by atoms with Crippen molar-refractivity contribution in [3.63, 3.8) is 0 Å². The van der Waals surface area contributed by atoms with Gasteiger partial charge in [-0.05, 0) is 44.0 Å². The number of nitrogens with zero attached hydrogens (tertiary/aromatic N) is 2. The molecule has 1 aromatic carbocycles. The first-order chi connectivity index (χ1) is 14.1. The molecule has 0 bridgehead atoms. The highest BCUT2D eigenvalue weighted by Gasteiger charge is 2.27. The first-order valence-corrected chi connectivity index (χ1v) is 10.5. The van der Waals surface area contributed by atoms with Gasteiger partial charge in [0.1, 0.15) is 5.82 Å². The number of hydrogen-bond acceptors (Lipinski definition) is 6. The molecule has 2 aromatic heterocycles. The number of pyridine rings is 1. The monoisotopic (exact) mass is 411 g/mol. The third kappa shape index (κ3) is 4.00. The number of anilines is 2. The van der Waals surface area contributed by atoms with Crippen molar-refractivity contribution < 1.29 is 14.3 Å². The molecule has 0 radical (unpaired) electrons. The van der Waals surface area contributed by atoms with E-state index in [9.17, 15) is 4.79 Å². The smallest absolute Gasteiger partial charge is 0.229 e. The first-order valence-electron chi connectivity index (χ1n) is 9.72. The topological polar surface area (TPSA) is 63.7 Å². The van der Waals surface area contributed by atoms with Crippen molar-refractivity contribution in [3.8, 4) is 11.5 Å². The maximum Gasteiger partial charge on any atom is 0.229 e. The summed E-state index contributed by atoms with van der Waals surface area (Å²) in [6, 6.07) is 9.66. The van der Waals surface area contributed by atoms with Crippen LogP contribution in [0.2, 0.25) is 0 Å². The fourth-order valence-corrected chi connectivity index (χ4v) is 4.78. The van der Waals surface area contributed by atoms with E-state index in [1.54, 1.807) is 37.7 Å². The number of benzene rings is 1. The van der Waals surface area contributed by atoms with Crippen molar-refractivity contribution in [2.24, 2.45) is 5.92 Å². The molecule has 29 heavy (non-hydrogen) atoms. The van der Waals surface area contributed by atoms with Gasteiger partial charge in [-0.3, -0.25) is 4.79 Å². The van der Waals surface area contributed by atoms with Crippen LogP contribution in [0.1, 0.15) is 17.7 Å². The lowest BCUT2D eigenvalue weighted by Crippen LogP contribution is -2.41. The van der Waals surface area contributed by atoms with E-state index in [0.717, 1.165) is 25.2 Å². The molecule has 1 fully saturated rings. The SMILES string of the molecule is COc1ccc(NC(=O)C2CCCN(c3nccc4sc(C)cc34)C2)cc1OC. The van der Waals surface area contributed by atoms with E-state index < -0.39 is 0 Å². The molecular weight excluding hydrogens is 386 g/mol. The van der Waals surface area contributed by atoms with Gasteiger partial charge in [0, 0.05) is 46.0 Å². The predicted octanol–water partition coefficient (Wildman–Crippen LogP) is 4.48. The summed E-state index contributed by atoms with van der Waals surface area (Å²) in [5.41, 5.74) is 0.707. The summed E-state index contributed by atoms with van der Waals surface area (Å²) in [4.78, 5) is 21.1. The summed E-state index contributed by atoms with van der Waals surface area (Å²) in [7, 11) is 3.18. The summed E-state index contributed by atoms with van der Waals surface area (Å²) in [6.07, 6.45) is 3.69. The molecule has 0 saturated carbocycles. The molecule has 1 saturated heterocycles. The minimum absolute atomic E-state index is 0.0237. The molecule has 1 atom stereocenters. The zero-order chi connectivity index (χ0) is 20.4. The number of aryl methyl sites for hydroxylation is 1. The van der Waals surface area contributed by atoms with Crippen molar-refractivity contribution >= 4 is 38.8 Å². The number of nitrogens with one attached hydrogen (secondary N) is 1. The number of piperidine rings is 1. The van der Waals surface area contributed by atoms with Crippen LogP contribution in [0.4, 0.5) is 11.5 Å². The lowest BCUT2D eigenvalue weighted by atomic mass is 9.96. The number of aromatic nitrogens is 1. The van der Waals surface area contributed by atoms with Gasteiger partial charge in [0.15, 0.2) is 11.5 Å². The number of rotatable bonds is 5. The Kier molecular flexibility index (Phi) is 5.58. The van der Waals surface area contributed by atoms with E-state index in [-0.39, 0.29) is 11.8 Å². The second-order valence-corrected chi connectivity index (χ2v) is 8.54. The number of hydrogen-bond donors (Lipinski definition) is 1. The summed E-state index contributed by atoms with van der Waals surface area (Å²) >= 11 is 1.78. The zero-order valence-corrected chi connectivity index (χ0v) is 17.7. The molecule has 0 spiro atoms. The molecule has 3 aromatic rings. The van der Waals surface area contributed by atoms with Gasteiger partial charge in [0.05, 0.1) is 20.1 Å². The van der Waals surface area contributed by atoms with Crippen LogP contribution >= 0.6 is 11.3 Å². The molecule has 3 heterocycles. The fraction of sp³-hybridized carbons (Fsp3) is 0.364. The summed E-state index contributed by atoms with van der Waals surface area (Å²) in [5.74, 6) is 2.15. The Labute approximate surface area is 174 Å². The second kappa shape index (κ2) is 8.29. The number of carbonyl (C=O) groups excluding carboxylic acids is 1. The van der Waals surface area contributed by atoms with Gasteiger partial charge in [-0.25, -0.2) is 4.98 Å². The summed E-state index contributed by atoms with van der Waals surface area (Å²) in [5, 5.41) is 4.21. The Balaban J connectivity index is 1.50. The van der Waals surface area contributed by atoms with Crippen LogP contribution in [-0.2, 0) is 4.79 Å². The van der Waals surface area contributed by atoms with Gasteiger partial charge in [-0.2, -0.15) is 0 Å². The molecule has 4 rings (SSSR count). The zero-order valence-electron chi connectivity index (χ0n) is 16.9. The van der Waals surface area contributed by atoms with Gasteiger partial charge < -0.3 is 19.7 Å². The quantitative estimate of drug-likeness (QED) is 0.671. The van der Waals surface area contributed by atoms with E-state index in [4.69, 9.17) is 9.47 Å². The van der Waals surface area contributed by atoms with Crippen LogP contribution in [0.5, 0.6) is 11.5 Å².